The Morgan fingerprint density at radius 3 is 3.11 bits per heavy atom. The van der Waals surface area contributed by atoms with Crippen LogP contribution in [-0.2, 0) is 6.42 Å². The highest BCUT2D eigenvalue weighted by molar-refractivity contribution is 6.30. The van der Waals surface area contributed by atoms with Gasteiger partial charge in [0, 0.05) is 37.1 Å². The highest BCUT2D eigenvalue weighted by atomic mass is 35.5. The Kier molecular flexibility index (Phi) is 5.07. The van der Waals surface area contributed by atoms with E-state index in [4.69, 9.17) is 11.6 Å². The maximum atomic E-state index is 5.93. The normalized spacial score (nSPS) is 20.2. The standard InChI is InChI=1S/C15H19ClN2/c1-13-12-18(10-8-17-13)9-3-2-5-14-6-4-7-15(16)11-14/h4,6-7,11,13,17H,5,8-10,12H2,1H3. The number of nitrogens with zero attached hydrogens (tertiary/aromatic N) is 1. The van der Waals surface area contributed by atoms with Gasteiger partial charge in [0.25, 0.3) is 0 Å². The van der Waals surface area contributed by atoms with Crippen LogP contribution >= 0.6 is 11.6 Å². The van der Waals surface area contributed by atoms with Gasteiger partial charge in [-0.1, -0.05) is 35.6 Å². The molecule has 0 amide bonds. The summed E-state index contributed by atoms with van der Waals surface area (Å²) in [6, 6.07) is 8.47. The lowest BCUT2D eigenvalue weighted by atomic mass is 10.1. The average molecular weight is 263 g/mol. The van der Waals surface area contributed by atoms with Gasteiger partial charge in [0.05, 0.1) is 6.54 Å². The van der Waals surface area contributed by atoms with Crippen LogP contribution in [0.2, 0.25) is 5.02 Å². The van der Waals surface area contributed by atoms with Gasteiger partial charge in [0.15, 0.2) is 0 Å². The highest BCUT2D eigenvalue weighted by Gasteiger charge is 2.13. The number of benzene rings is 1. The zero-order chi connectivity index (χ0) is 12.8. The Morgan fingerprint density at radius 1 is 1.44 bits per heavy atom. The molecule has 1 fully saturated rings. The Bertz CT molecular complexity index is 447. The van der Waals surface area contributed by atoms with Gasteiger partial charge < -0.3 is 5.32 Å². The van der Waals surface area contributed by atoms with Crippen LogP contribution in [0.15, 0.2) is 24.3 Å². The fourth-order valence-corrected chi connectivity index (χ4v) is 2.35. The van der Waals surface area contributed by atoms with Crippen LogP contribution in [0.25, 0.3) is 0 Å². The molecule has 1 saturated heterocycles. The second kappa shape index (κ2) is 6.80. The zero-order valence-electron chi connectivity index (χ0n) is 10.7. The Morgan fingerprint density at radius 2 is 2.33 bits per heavy atom. The summed E-state index contributed by atoms with van der Waals surface area (Å²) in [6.07, 6.45) is 0.780. The molecule has 1 aliphatic heterocycles. The second-order valence-electron chi connectivity index (χ2n) is 4.75. The van der Waals surface area contributed by atoms with Crippen LogP contribution in [-0.4, -0.2) is 37.1 Å². The Hall–Kier alpha value is -1.01. The number of piperazine rings is 1. The van der Waals surface area contributed by atoms with Crippen molar-refractivity contribution in [1.29, 1.82) is 0 Å². The number of hydrogen-bond acceptors (Lipinski definition) is 2. The van der Waals surface area contributed by atoms with E-state index >= 15 is 0 Å². The summed E-state index contributed by atoms with van der Waals surface area (Å²) < 4.78 is 0. The number of nitrogens with one attached hydrogen (secondary N) is 1. The molecule has 18 heavy (non-hydrogen) atoms. The molecule has 0 aromatic heterocycles. The fourth-order valence-electron chi connectivity index (χ4n) is 2.13. The lowest BCUT2D eigenvalue weighted by molar-refractivity contribution is 0.229. The molecule has 1 N–H and O–H groups in total. The summed E-state index contributed by atoms with van der Waals surface area (Å²) in [5.74, 6) is 6.47. The predicted octanol–water partition coefficient (Wildman–Crippen LogP) is 2.18. The largest absolute Gasteiger partial charge is 0.312 e. The third-order valence-electron chi connectivity index (χ3n) is 3.06. The van der Waals surface area contributed by atoms with Crippen LogP contribution in [0.5, 0.6) is 0 Å². The van der Waals surface area contributed by atoms with Crippen LogP contribution in [0.3, 0.4) is 0 Å². The third-order valence-corrected chi connectivity index (χ3v) is 3.30. The summed E-state index contributed by atoms with van der Waals surface area (Å²) in [6.45, 7) is 6.33. The van der Waals surface area contributed by atoms with E-state index in [1.807, 2.05) is 18.2 Å². The van der Waals surface area contributed by atoms with Crippen LogP contribution in [0, 0.1) is 11.8 Å². The molecule has 1 aromatic rings. The van der Waals surface area contributed by atoms with E-state index in [0.29, 0.717) is 6.04 Å². The molecule has 1 unspecified atom stereocenters. The molecule has 0 aliphatic carbocycles. The molecule has 0 spiro atoms. The lowest BCUT2D eigenvalue weighted by Gasteiger charge is -2.30. The molecule has 0 radical (unpaired) electrons. The molecule has 1 aromatic carbocycles. The Labute approximate surface area is 114 Å². The molecular formula is C15H19ClN2. The first-order valence-corrected chi connectivity index (χ1v) is 6.78. The molecular weight excluding hydrogens is 244 g/mol. The quantitative estimate of drug-likeness (QED) is 0.822. The van der Waals surface area contributed by atoms with E-state index < -0.39 is 0 Å². The summed E-state index contributed by atoms with van der Waals surface area (Å²) in [5.41, 5.74) is 1.18. The molecule has 2 rings (SSSR count). The maximum Gasteiger partial charge on any atom is 0.0602 e. The number of hydrogen-bond donors (Lipinski definition) is 1. The predicted molar refractivity (Wildman–Crippen MR) is 76.8 cm³/mol. The van der Waals surface area contributed by atoms with E-state index in [9.17, 15) is 0 Å². The minimum absolute atomic E-state index is 0.577. The van der Waals surface area contributed by atoms with Crippen LogP contribution < -0.4 is 5.32 Å². The smallest absolute Gasteiger partial charge is 0.0602 e. The van der Waals surface area contributed by atoms with E-state index in [0.717, 1.165) is 37.6 Å². The van der Waals surface area contributed by atoms with Crippen molar-refractivity contribution in [2.24, 2.45) is 0 Å². The van der Waals surface area contributed by atoms with Gasteiger partial charge in [-0.15, -0.1) is 0 Å². The molecule has 1 heterocycles. The molecule has 1 aliphatic rings. The first-order valence-electron chi connectivity index (χ1n) is 6.40. The molecule has 0 saturated carbocycles. The van der Waals surface area contributed by atoms with Gasteiger partial charge in [-0.25, -0.2) is 0 Å². The van der Waals surface area contributed by atoms with Crippen molar-refractivity contribution < 1.29 is 0 Å². The van der Waals surface area contributed by atoms with Crippen molar-refractivity contribution in [3.63, 3.8) is 0 Å². The van der Waals surface area contributed by atoms with Crippen LogP contribution in [0.4, 0.5) is 0 Å². The number of rotatable bonds is 2. The second-order valence-corrected chi connectivity index (χ2v) is 5.19. The van der Waals surface area contributed by atoms with Gasteiger partial charge in [0.1, 0.15) is 0 Å². The molecule has 1 atom stereocenters. The summed E-state index contributed by atoms with van der Waals surface area (Å²) in [4.78, 5) is 2.39. The summed E-state index contributed by atoms with van der Waals surface area (Å²) in [5, 5.41) is 4.21. The van der Waals surface area contributed by atoms with Crippen molar-refractivity contribution in [3.05, 3.63) is 34.9 Å². The molecule has 2 nitrogen and oxygen atoms in total. The average Bonchev–Trinajstić information content (AvgIpc) is 2.35. The van der Waals surface area contributed by atoms with Crippen molar-refractivity contribution in [2.75, 3.05) is 26.2 Å². The fraction of sp³-hybridized carbons (Fsp3) is 0.467. The first kappa shape index (κ1) is 13.4. The van der Waals surface area contributed by atoms with Crippen molar-refractivity contribution in [1.82, 2.24) is 10.2 Å². The first-order chi connectivity index (χ1) is 8.74. The summed E-state index contributed by atoms with van der Waals surface area (Å²) in [7, 11) is 0. The maximum absolute atomic E-state index is 5.93. The number of halogens is 1. The van der Waals surface area contributed by atoms with Gasteiger partial charge >= 0.3 is 0 Å². The van der Waals surface area contributed by atoms with Gasteiger partial charge in [0.2, 0.25) is 0 Å². The van der Waals surface area contributed by atoms with Gasteiger partial charge in [-0.2, -0.15) is 0 Å². The highest BCUT2D eigenvalue weighted by Crippen LogP contribution is 2.10. The Balaban J connectivity index is 1.78. The van der Waals surface area contributed by atoms with E-state index in [2.05, 4.69) is 35.0 Å². The monoisotopic (exact) mass is 262 g/mol. The SMILES string of the molecule is CC1CN(CC#CCc2cccc(Cl)c2)CCN1. The van der Waals surface area contributed by atoms with E-state index in [1.54, 1.807) is 0 Å². The topological polar surface area (TPSA) is 15.3 Å². The lowest BCUT2D eigenvalue weighted by Crippen LogP contribution is -2.49. The minimum atomic E-state index is 0.577. The molecule has 0 bridgehead atoms. The molecule has 96 valence electrons. The zero-order valence-corrected chi connectivity index (χ0v) is 11.5. The van der Waals surface area contributed by atoms with Crippen LogP contribution in [0.1, 0.15) is 12.5 Å². The van der Waals surface area contributed by atoms with Gasteiger partial charge in [-0.3, -0.25) is 4.90 Å². The van der Waals surface area contributed by atoms with E-state index in [1.165, 1.54) is 5.56 Å². The summed E-state index contributed by atoms with van der Waals surface area (Å²) >= 11 is 5.93. The van der Waals surface area contributed by atoms with Crippen molar-refractivity contribution in [3.8, 4) is 11.8 Å². The molecule has 3 heteroatoms. The third kappa shape index (κ3) is 4.34. The van der Waals surface area contributed by atoms with Crippen molar-refractivity contribution in [2.45, 2.75) is 19.4 Å². The van der Waals surface area contributed by atoms with Crippen molar-refractivity contribution >= 4 is 11.6 Å². The minimum Gasteiger partial charge on any atom is -0.312 e. The van der Waals surface area contributed by atoms with E-state index in [-0.39, 0.29) is 0 Å². The van der Waals surface area contributed by atoms with Gasteiger partial charge in [-0.05, 0) is 24.6 Å².